The number of thioether (sulfide) groups is 1. The number of aromatic hydroxyl groups is 1. The van der Waals surface area contributed by atoms with E-state index in [-0.39, 0.29) is 11.7 Å². The molecule has 1 heterocycles. The molecule has 0 atom stereocenters. The minimum atomic E-state index is -0.0771. The molecule has 0 bridgehead atoms. The van der Waals surface area contributed by atoms with Crippen molar-refractivity contribution in [3.63, 3.8) is 0 Å². The maximum Gasteiger partial charge on any atom is 0.266 e. The second-order valence-corrected chi connectivity index (χ2v) is 7.43. The van der Waals surface area contributed by atoms with Crippen LogP contribution in [-0.2, 0) is 4.79 Å². The summed E-state index contributed by atoms with van der Waals surface area (Å²) in [6, 6.07) is 11.0. The molecular weight excluding hydrogens is 368 g/mol. The van der Waals surface area contributed by atoms with Crippen molar-refractivity contribution < 1.29 is 9.90 Å². The van der Waals surface area contributed by atoms with Crippen molar-refractivity contribution in [2.75, 3.05) is 6.54 Å². The predicted molar refractivity (Wildman–Crippen MR) is 109 cm³/mol. The van der Waals surface area contributed by atoms with Crippen LogP contribution in [0, 0.1) is 13.8 Å². The number of para-hydroxylation sites is 1. The Balaban J connectivity index is 1.98. The van der Waals surface area contributed by atoms with Crippen molar-refractivity contribution in [1.82, 2.24) is 4.90 Å². The van der Waals surface area contributed by atoms with Crippen molar-refractivity contribution in [2.24, 2.45) is 4.99 Å². The van der Waals surface area contributed by atoms with Crippen LogP contribution in [0.1, 0.15) is 23.6 Å². The molecule has 1 aliphatic heterocycles. The molecular formula is C20H19ClN2O2S. The molecule has 0 unspecified atom stereocenters. The number of aliphatic imine (C=N–C) groups is 1. The van der Waals surface area contributed by atoms with Crippen molar-refractivity contribution in [3.8, 4) is 5.75 Å². The van der Waals surface area contributed by atoms with Gasteiger partial charge < -0.3 is 5.11 Å². The Morgan fingerprint density at radius 2 is 1.88 bits per heavy atom. The molecule has 0 spiro atoms. The highest BCUT2D eigenvalue weighted by Gasteiger charge is 2.32. The molecule has 1 N–H and O–H groups in total. The lowest BCUT2D eigenvalue weighted by Gasteiger charge is -2.12. The molecule has 3 rings (SSSR count). The van der Waals surface area contributed by atoms with Gasteiger partial charge in [0.2, 0.25) is 0 Å². The van der Waals surface area contributed by atoms with E-state index in [1.54, 1.807) is 11.0 Å². The first-order valence-corrected chi connectivity index (χ1v) is 9.45. The molecule has 6 heteroatoms. The van der Waals surface area contributed by atoms with Gasteiger partial charge in [-0.05, 0) is 79.6 Å². The van der Waals surface area contributed by atoms with Crippen LogP contribution >= 0.6 is 23.4 Å². The fourth-order valence-corrected chi connectivity index (χ4v) is 3.97. The van der Waals surface area contributed by atoms with Gasteiger partial charge in [0.05, 0.1) is 15.6 Å². The number of nitrogens with zero attached hydrogens (tertiary/aromatic N) is 2. The van der Waals surface area contributed by atoms with Gasteiger partial charge in [0.15, 0.2) is 5.17 Å². The largest absolute Gasteiger partial charge is 0.507 e. The van der Waals surface area contributed by atoms with Crippen LogP contribution < -0.4 is 0 Å². The van der Waals surface area contributed by atoms with Crippen LogP contribution in [0.2, 0.25) is 5.02 Å². The fourth-order valence-electron chi connectivity index (χ4n) is 2.74. The standard InChI is InChI=1S/C20H19ClN2O2S/c1-4-23-19(25)17(11-14-9-12(2)18(24)13(3)10-14)26-20(23)22-16-8-6-5-7-15(16)21/h5-11,24H,4H2,1-3H3/b17-11+,22-20?. The fraction of sp³-hybridized carbons (Fsp3) is 0.200. The van der Waals surface area contributed by atoms with E-state index in [4.69, 9.17) is 11.6 Å². The molecule has 1 aliphatic rings. The summed E-state index contributed by atoms with van der Waals surface area (Å²) in [7, 11) is 0. The van der Waals surface area contributed by atoms with E-state index in [9.17, 15) is 9.90 Å². The lowest BCUT2D eigenvalue weighted by atomic mass is 10.1. The topological polar surface area (TPSA) is 52.9 Å². The molecule has 26 heavy (non-hydrogen) atoms. The third-order valence-corrected chi connectivity index (χ3v) is 5.41. The lowest BCUT2D eigenvalue weighted by Crippen LogP contribution is -2.28. The van der Waals surface area contributed by atoms with Gasteiger partial charge >= 0.3 is 0 Å². The number of hydrogen-bond acceptors (Lipinski definition) is 4. The number of carbonyl (C=O) groups is 1. The van der Waals surface area contributed by atoms with E-state index in [1.165, 1.54) is 11.8 Å². The third-order valence-electron chi connectivity index (χ3n) is 4.08. The maximum absolute atomic E-state index is 12.7. The highest BCUT2D eigenvalue weighted by atomic mass is 35.5. The molecule has 0 saturated carbocycles. The Hall–Kier alpha value is -2.24. The molecule has 1 saturated heterocycles. The van der Waals surface area contributed by atoms with Gasteiger partial charge in [-0.15, -0.1) is 0 Å². The molecule has 1 fully saturated rings. The SMILES string of the molecule is CCN1C(=O)/C(=C\c2cc(C)c(O)c(C)c2)SC1=Nc1ccccc1Cl. The van der Waals surface area contributed by atoms with Gasteiger partial charge in [0.25, 0.3) is 5.91 Å². The summed E-state index contributed by atoms with van der Waals surface area (Å²) in [6.45, 7) is 6.13. The van der Waals surface area contributed by atoms with E-state index in [0.29, 0.717) is 27.3 Å². The zero-order valence-corrected chi connectivity index (χ0v) is 16.4. The summed E-state index contributed by atoms with van der Waals surface area (Å²) in [6.07, 6.45) is 1.84. The minimum Gasteiger partial charge on any atom is -0.507 e. The number of halogens is 1. The highest BCUT2D eigenvalue weighted by Crippen LogP contribution is 2.36. The maximum atomic E-state index is 12.7. The van der Waals surface area contributed by atoms with Gasteiger partial charge in [0, 0.05) is 6.54 Å². The van der Waals surface area contributed by atoms with Crippen molar-refractivity contribution >= 4 is 46.2 Å². The molecule has 4 nitrogen and oxygen atoms in total. The Bertz CT molecular complexity index is 914. The lowest BCUT2D eigenvalue weighted by molar-refractivity contribution is -0.122. The van der Waals surface area contributed by atoms with E-state index in [0.717, 1.165) is 16.7 Å². The van der Waals surface area contributed by atoms with Crippen LogP contribution in [0.3, 0.4) is 0 Å². The average molecular weight is 387 g/mol. The van der Waals surface area contributed by atoms with Gasteiger partial charge in [0.1, 0.15) is 5.75 Å². The number of aryl methyl sites for hydroxylation is 2. The Morgan fingerprint density at radius 1 is 1.23 bits per heavy atom. The number of amidine groups is 1. The molecule has 2 aromatic rings. The van der Waals surface area contributed by atoms with Crippen LogP contribution in [0.4, 0.5) is 5.69 Å². The number of rotatable bonds is 3. The van der Waals surface area contributed by atoms with Gasteiger partial charge in [-0.1, -0.05) is 23.7 Å². The van der Waals surface area contributed by atoms with Crippen LogP contribution in [0.25, 0.3) is 6.08 Å². The molecule has 0 aliphatic carbocycles. The zero-order chi connectivity index (χ0) is 18.8. The number of benzene rings is 2. The number of phenols is 1. The van der Waals surface area contributed by atoms with E-state index in [1.807, 2.05) is 57.2 Å². The van der Waals surface area contributed by atoms with Crippen molar-refractivity contribution in [2.45, 2.75) is 20.8 Å². The quantitative estimate of drug-likeness (QED) is 0.729. The Kier molecular flexibility index (Phi) is 5.39. The zero-order valence-electron chi connectivity index (χ0n) is 14.8. The first kappa shape index (κ1) is 18.5. The minimum absolute atomic E-state index is 0.0771. The van der Waals surface area contributed by atoms with Crippen LogP contribution in [0.5, 0.6) is 5.75 Å². The molecule has 1 amide bonds. The monoisotopic (exact) mass is 386 g/mol. The summed E-state index contributed by atoms with van der Waals surface area (Å²) in [5, 5.41) is 11.1. The molecule has 0 aromatic heterocycles. The average Bonchev–Trinajstić information content (AvgIpc) is 2.89. The third kappa shape index (κ3) is 3.64. The first-order valence-electron chi connectivity index (χ1n) is 8.25. The van der Waals surface area contributed by atoms with Crippen LogP contribution in [0.15, 0.2) is 46.3 Å². The number of carbonyl (C=O) groups excluding carboxylic acids is 1. The second kappa shape index (κ2) is 7.56. The number of phenolic OH excluding ortho intramolecular Hbond substituents is 1. The summed E-state index contributed by atoms with van der Waals surface area (Å²) in [5.74, 6) is 0.209. The second-order valence-electron chi connectivity index (χ2n) is 6.01. The van der Waals surface area contributed by atoms with Crippen molar-refractivity contribution in [3.05, 3.63) is 63.0 Å². The Labute approximate surface area is 162 Å². The normalized spacial score (nSPS) is 17.5. The van der Waals surface area contributed by atoms with Gasteiger partial charge in [-0.25, -0.2) is 4.99 Å². The summed E-state index contributed by atoms with van der Waals surface area (Å²) in [4.78, 5) is 19.5. The van der Waals surface area contributed by atoms with E-state index >= 15 is 0 Å². The summed E-state index contributed by atoms with van der Waals surface area (Å²) >= 11 is 7.52. The highest BCUT2D eigenvalue weighted by molar-refractivity contribution is 8.18. The smallest absolute Gasteiger partial charge is 0.266 e. The van der Waals surface area contributed by atoms with E-state index in [2.05, 4.69) is 4.99 Å². The predicted octanol–water partition coefficient (Wildman–Crippen LogP) is 5.29. The number of amides is 1. The molecule has 0 radical (unpaired) electrons. The molecule has 134 valence electrons. The summed E-state index contributed by atoms with van der Waals surface area (Å²) < 4.78 is 0. The van der Waals surface area contributed by atoms with Gasteiger partial charge in [-0.3, -0.25) is 9.69 Å². The van der Waals surface area contributed by atoms with Crippen LogP contribution in [-0.4, -0.2) is 27.6 Å². The number of likely N-dealkylation sites (N-methyl/N-ethyl adjacent to an activating group) is 1. The van der Waals surface area contributed by atoms with E-state index < -0.39 is 0 Å². The Morgan fingerprint density at radius 3 is 2.50 bits per heavy atom. The first-order chi connectivity index (χ1) is 12.4. The van der Waals surface area contributed by atoms with Crippen molar-refractivity contribution in [1.29, 1.82) is 0 Å². The number of hydrogen-bond donors (Lipinski definition) is 1. The van der Waals surface area contributed by atoms with Gasteiger partial charge in [-0.2, -0.15) is 0 Å². The summed E-state index contributed by atoms with van der Waals surface area (Å²) in [5.41, 5.74) is 3.08. The molecule has 2 aromatic carbocycles.